The molecule has 0 bridgehead atoms. The van der Waals surface area contributed by atoms with Crippen LogP contribution in [-0.2, 0) is 0 Å². The smallest absolute Gasteiger partial charge is 0.218 e. The van der Waals surface area contributed by atoms with Crippen LogP contribution in [0.4, 0.5) is 4.39 Å². The number of aromatic amines is 1. The van der Waals surface area contributed by atoms with Gasteiger partial charge in [0, 0.05) is 0 Å². The van der Waals surface area contributed by atoms with Gasteiger partial charge in [0.2, 0.25) is 5.95 Å². The average molecular weight is 161 g/mol. The minimum Gasteiger partial charge on any atom is -0.252 e. The topological polar surface area (TPSA) is 52.5 Å². The highest BCUT2D eigenvalue weighted by molar-refractivity contribution is 5.84. The Hall–Kier alpha value is -1.89. The Morgan fingerprint density at radius 1 is 1.50 bits per heavy atom. The number of fused-ring (bicyclic) bond motifs is 1. The van der Waals surface area contributed by atoms with Gasteiger partial charge in [-0.25, -0.2) is 0 Å². The van der Waals surface area contributed by atoms with Gasteiger partial charge in [0.05, 0.1) is 16.5 Å². The van der Waals surface area contributed by atoms with Gasteiger partial charge in [0.25, 0.3) is 0 Å². The number of nitriles is 1. The standard InChI is InChI=1S/C8H4FN3/c9-8-7-5(4-10)2-1-3-6(7)11-12-8/h1-3H,(H,11,12). The van der Waals surface area contributed by atoms with E-state index < -0.39 is 5.95 Å². The molecule has 0 aliphatic rings. The van der Waals surface area contributed by atoms with Crippen molar-refractivity contribution in [3.8, 4) is 6.07 Å². The van der Waals surface area contributed by atoms with Crippen LogP contribution in [0.15, 0.2) is 18.2 Å². The van der Waals surface area contributed by atoms with Crippen molar-refractivity contribution in [2.75, 3.05) is 0 Å². The first-order valence-electron chi connectivity index (χ1n) is 3.35. The number of nitrogens with one attached hydrogen (secondary N) is 1. The van der Waals surface area contributed by atoms with Crippen LogP contribution in [-0.4, -0.2) is 10.2 Å². The van der Waals surface area contributed by atoms with E-state index in [-0.39, 0.29) is 5.39 Å². The maximum absolute atomic E-state index is 12.9. The van der Waals surface area contributed by atoms with Crippen molar-refractivity contribution in [2.24, 2.45) is 0 Å². The van der Waals surface area contributed by atoms with E-state index in [1.165, 1.54) is 0 Å². The number of aromatic nitrogens is 2. The summed E-state index contributed by atoms with van der Waals surface area (Å²) in [5.74, 6) is -0.554. The van der Waals surface area contributed by atoms with Crippen molar-refractivity contribution >= 4 is 10.9 Å². The molecule has 1 aromatic heterocycles. The first-order chi connectivity index (χ1) is 5.83. The fourth-order valence-corrected chi connectivity index (χ4v) is 1.12. The molecule has 0 spiro atoms. The Bertz CT molecular complexity index is 467. The number of hydrogen-bond acceptors (Lipinski definition) is 2. The van der Waals surface area contributed by atoms with Crippen LogP contribution in [0.25, 0.3) is 10.9 Å². The molecule has 0 radical (unpaired) electrons. The molecular formula is C8H4FN3. The molecule has 2 rings (SSSR count). The van der Waals surface area contributed by atoms with Crippen molar-refractivity contribution in [2.45, 2.75) is 0 Å². The minimum atomic E-state index is -0.554. The van der Waals surface area contributed by atoms with Crippen LogP contribution in [0, 0.1) is 17.3 Å². The zero-order valence-electron chi connectivity index (χ0n) is 6.00. The SMILES string of the molecule is N#Cc1cccc2n[nH]c(F)c12. The van der Waals surface area contributed by atoms with Gasteiger partial charge in [0.1, 0.15) is 6.07 Å². The quantitative estimate of drug-likeness (QED) is 0.637. The highest BCUT2D eigenvalue weighted by Gasteiger charge is 2.07. The second-order valence-electron chi connectivity index (χ2n) is 2.35. The third kappa shape index (κ3) is 0.768. The maximum Gasteiger partial charge on any atom is 0.218 e. The van der Waals surface area contributed by atoms with E-state index in [4.69, 9.17) is 5.26 Å². The van der Waals surface area contributed by atoms with Gasteiger partial charge >= 0.3 is 0 Å². The van der Waals surface area contributed by atoms with Crippen molar-refractivity contribution < 1.29 is 4.39 Å². The number of hydrogen-bond donors (Lipinski definition) is 1. The number of nitrogens with zero attached hydrogens (tertiary/aromatic N) is 2. The highest BCUT2D eigenvalue weighted by Crippen LogP contribution is 2.18. The Morgan fingerprint density at radius 3 is 3.08 bits per heavy atom. The summed E-state index contributed by atoms with van der Waals surface area (Å²) in [5.41, 5.74) is 0.783. The molecular weight excluding hydrogens is 157 g/mol. The molecule has 0 aliphatic heterocycles. The second kappa shape index (κ2) is 2.31. The van der Waals surface area contributed by atoms with Gasteiger partial charge in [-0.05, 0) is 12.1 Å². The first kappa shape index (κ1) is 6.80. The van der Waals surface area contributed by atoms with E-state index in [2.05, 4.69) is 10.2 Å². The van der Waals surface area contributed by atoms with Gasteiger partial charge in [-0.2, -0.15) is 14.8 Å². The van der Waals surface area contributed by atoms with Gasteiger partial charge in [0.15, 0.2) is 0 Å². The molecule has 4 heteroatoms. The molecule has 2 aromatic rings. The molecule has 58 valence electrons. The third-order valence-corrected chi connectivity index (χ3v) is 1.66. The van der Waals surface area contributed by atoms with Crippen LogP contribution in [0.2, 0.25) is 0 Å². The summed E-state index contributed by atoms with van der Waals surface area (Å²) in [4.78, 5) is 0. The average Bonchev–Trinajstić information content (AvgIpc) is 2.48. The fraction of sp³-hybridized carbons (Fsp3) is 0. The maximum atomic E-state index is 12.9. The molecule has 0 saturated carbocycles. The lowest BCUT2D eigenvalue weighted by Crippen LogP contribution is -1.78. The predicted molar refractivity (Wildman–Crippen MR) is 40.8 cm³/mol. The van der Waals surface area contributed by atoms with Crippen LogP contribution in [0.5, 0.6) is 0 Å². The molecule has 0 fully saturated rings. The largest absolute Gasteiger partial charge is 0.252 e. The predicted octanol–water partition coefficient (Wildman–Crippen LogP) is 1.57. The molecule has 1 N–H and O–H groups in total. The lowest BCUT2D eigenvalue weighted by Gasteiger charge is -1.88. The Balaban J connectivity index is 2.96. The zero-order chi connectivity index (χ0) is 8.55. The number of rotatable bonds is 0. The van der Waals surface area contributed by atoms with Gasteiger partial charge in [-0.3, -0.25) is 5.10 Å². The van der Waals surface area contributed by atoms with Gasteiger partial charge in [-0.1, -0.05) is 6.07 Å². The minimum absolute atomic E-state index is 0.264. The monoisotopic (exact) mass is 161 g/mol. The molecule has 12 heavy (non-hydrogen) atoms. The fourth-order valence-electron chi connectivity index (χ4n) is 1.12. The highest BCUT2D eigenvalue weighted by atomic mass is 19.1. The van der Waals surface area contributed by atoms with E-state index in [1.807, 2.05) is 6.07 Å². The van der Waals surface area contributed by atoms with E-state index in [9.17, 15) is 4.39 Å². The van der Waals surface area contributed by atoms with E-state index in [0.717, 1.165) is 0 Å². The molecule has 0 unspecified atom stereocenters. The number of halogens is 1. The zero-order valence-corrected chi connectivity index (χ0v) is 6.00. The Kier molecular flexibility index (Phi) is 1.31. The lowest BCUT2D eigenvalue weighted by atomic mass is 10.1. The summed E-state index contributed by atoms with van der Waals surface area (Å²) in [5, 5.41) is 14.7. The van der Waals surface area contributed by atoms with Crippen molar-refractivity contribution in [1.82, 2.24) is 10.2 Å². The Morgan fingerprint density at radius 2 is 2.33 bits per heavy atom. The number of benzene rings is 1. The van der Waals surface area contributed by atoms with Crippen LogP contribution >= 0.6 is 0 Å². The first-order valence-corrected chi connectivity index (χ1v) is 3.35. The van der Waals surface area contributed by atoms with Crippen molar-refractivity contribution in [3.05, 3.63) is 29.7 Å². The second-order valence-corrected chi connectivity index (χ2v) is 2.35. The molecule has 1 aromatic carbocycles. The number of H-pyrrole nitrogens is 1. The molecule has 3 nitrogen and oxygen atoms in total. The van der Waals surface area contributed by atoms with Gasteiger partial charge in [-0.15, -0.1) is 0 Å². The van der Waals surface area contributed by atoms with E-state index >= 15 is 0 Å². The van der Waals surface area contributed by atoms with Crippen LogP contribution in [0.1, 0.15) is 5.56 Å². The summed E-state index contributed by atoms with van der Waals surface area (Å²) < 4.78 is 12.9. The van der Waals surface area contributed by atoms with E-state index in [0.29, 0.717) is 11.1 Å². The third-order valence-electron chi connectivity index (χ3n) is 1.66. The molecule has 0 atom stereocenters. The van der Waals surface area contributed by atoms with Crippen LogP contribution < -0.4 is 0 Å². The van der Waals surface area contributed by atoms with Crippen molar-refractivity contribution in [3.63, 3.8) is 0 Å². The molecule has 0 saturated heterocycles. The summed E-state index contributed by atoms with van der Waals surface area (Å²) >= 11 is 0. The normalized spacial score (nSPS) is 10.0. The molecule has 0 aliphatic carbocycles. The lowest BCUT2D eigenvalue weighted by molar-refractivity contribution is 0.588. The summed E-state index contributed by atoms with van der Waals surface area (Å²) in [7, 11) is 0. The Labute approximate surface area is 67.4 Å². The molecule has 1 heterocycles. The summed E-state index contributed by atoms with van der Waals surface area (Å²) in [6, 6.07) is 6.77. The van der Waals surface area contributed by atoms with Gasteiger partial charge < -0.3 is 0 Å². The van der Waals surface area contributed by atoms with Crippen LogP contribution in [0.3, 0.4) is 0 Å². The summed E-state index contributed by atoms with van der Waals surface area (Å²) in [6.07, 6.45) is 0. The molecule has 0 amide bonds. The van der Waals surface area contributed by atoms with E-state index in [1.54, 1.807) is 18.2 Å². The summed E-state index contributed by atoms with van der Waals surface area (Å²) in [6.45, 7) is 0. The van der Waals surface area contributed by atoms with Crippen molar-refractivity contribution in [1.29, 1.82) is 5.26 Å².